The molecule has 2 aliphatic rings. The van der Waals surface area contributed by atoms with Crippen LogP contribution in [0.1, 0.15) is 18.9 Å². The number of hydrogen-bond acceptors (Lipinski definition) is 5. The number of ether oxygens (including phenoxy) is 3. The molecule has 21 heavy (non-hydrogen) atoms. The van der Waals surface area contributed by atoms with Gasteiger partial charge in [-0.05, 0) is 31.0 Å². The zero-order chi connectivity index (χ0) is 14.2. The molecule has 2 heterocycles. The number of nitrogens with zero attached hydrogens (tertiary/aromatic N) is 1. The third kappa shape index (κ3) is 3.20. The topological polar surface area (TPSA) is 57.0 Å². The SMILES string of the molecule is COc1cc2c(cc1CN1CCC(C)(CN)C1)OCO2.Cl. The minimum absolute atomic E-state index is 0. The summed E-state index contributed by atoms with van der Waals surface area (Å²) in [6.45, 7) is 6.24. The summed E-state index contributed by atoms with van der Waals surface area (Å²) in [6.07, 6.45) is 1.15. The fourth-order valence-electron chi connectivity index (χ4n) is 2.95. The first-order chi connectivity index (χ1) is 9.63. The van der Waals surface area contributed by atoms with Crippen molar-refractivity contribution in [1.29, 1.82) is 0 Å². The van der Waals surface area contributed by atoms with E-state index in [1.54, 1.807) is 7.11 Å². The van der Waals surface area contributed by atoms with Gasteiger partial charge < -0.3 is 19.9 Å². The van der Waals surface area contributed by atoms with Crippen LogP contribution in [0.15, 0.2) is 12.1 Å². The Bertz CT molecular complexity index is 512. The van der Waals surface area contributed by atoms with Gasteiger partial charge >= 0.3 is 0 Å². The van der Waals surface area contributed by atoms with Crippen LogP contribution < -0.4 is 19.9 Å². The number of likely N-dealkylation sites (tertiary alicyclic amines) is 1. The molecule has 0 radical (unpaired) electrons. The third-order valence-electron chi connectivity index (χ3n) is 4.30. The van der Waals surface area contributed by atoms with Gasteiger partial charge in [0.05, 0.1) is 7.11 Å². The van der Waals surface area contributed by atoms with Crippen LogP contribution in [0, 0.1) is 5.41 Å². The molecule has 118 valence electrons. The quantitative estimate of drug-likeness (QED) is 0.921. The Morgan fingerprint density at radius 3 is 2.67 bits per heavy atom. The van der Waals surface area contributed by atoms with Crippen LogP contribution in [0.2, 0.25) is 0 Å². The van der Waals surface area contributed by atoms with Crippen molar-refractivity contribution in [3.63, 3.8) is 0 Å². The second-order valence-corrected chi connectivity index (χ2v) is 5.99. The summed E-state index contributed by atoms with van der Waals surface area (Å²) < 4.78 is 16.3. The minimum atomic E-state index is 0. The molecule has 5 nitrogen and oxygen atoms in total. The number of benzene rings is 1. The summed E-state index contributed by atoms with van der Waals surface area (Å²) in [7, 11) is 1.69. The lowest BCUT2D eigenvalue weighted by Crippen LogP contribution is -2.31. The number of nitrogens with two attached hydrogens (primary N) is 1. The maximum Gasteiger partial charge on any atom is 0.231 e. The van der Waals surface area contributed by atoms with Crippen molar-refractivity contribution in [3.05, 3.63) is 17.7 Å². The van der Waals surface area contributed by atoms with Crippen LogP contribution in [0.4, 0.5) is 0 Å². The highest BCUT2D eigenvalue weighted by atomic mass is 35.5. The standard InChI is InChI=1S/C15H22N2O3.ClH/c1-15(8-16)3-4-17(9-15)7-11-5-13-14(20-10-19-13)6-12(11)18-2;/h5-6H,3-4,7-10,16H2,1-2H3;1H. The van der Waals surface area contributed by atoms with Crippen molar-refractivity contribution in [3.8, 4) is 17.2 Å². The van der Waals surface area contributed by atoms with Crippen molar-refractivity contribution in [2.24, 2.45) is 11.1 Å². The monoisotopic (exact) mass is 314 g/mol. The number of fused-ring (bicyclic) bond motifs is 1. The van der Waals surface area contributed by atoms with Crippen molar-refractivity contribution in [2.45, 2.75) is 19.9 Å². The molecule has 0 saturated carbocycles. The van der Waals surface area contributed by atoms with Crippen molar-refractivity contribution in [2.75, 3.05) is 33.5 Å². The van der Waals surface area contributed by atoms with Crippen LogP contribution in [0.3, 0.4) is 0 Å². The van der Waals surface area contributed by atoms with Crippen molar-refractivity contribution < 1.29 is 14.2 Å². The summed E-state index contributed by atoms with van der Waals surface area (Å²) in [5.41, 5.74) is 7.24. The molecule has 1 unspecified atom stereocenters. The Kier molecular flexibility index (Phi) is 4.86. The average Bonchev–Trinajstić information content (AvgIpc) is 3.05. The Balaban J connectivity index is 0.00000161. The fourth-order valence-corrected chi connectivity index (χ4v) is 2.95. The lowest BCUT2D eigenvalue weighted by Gasteiger charge is -2.23. The molecule has 0 amide bonds. The Hall–Kier alpha value is -1.17. The van der Waals surface area contributed by atoms with Crippen LogP contribution in [0.5, 0.6) is 17.2 Å². The molecule has 1 saturated heterocycles. The highest BCUT2D eigenvalue weighted by Crippen LogP contribution is 2.39. The van der Waals surface area contributed by atoms with E-state index < -0.39 is 0 Å². The predicted octanol–water partition coefficient (Wildman–Crippen LogP) is 2.02. The second kappa shape index (κ2) is 6.30. The van der Waals surface area contributed by atoms with Gasteiger partial charge in [0, 0.05) is 24.7 Å². The van der Waals surface area contributed by atoms with Crippen LogP contribution in [-0.4, -0.2) is 38.4 Å². The molecule has 2 aliphatic heterocycles. The largest absolute Gasteiger partial charge is 0.496 e. The van der Waals surface area contributed by atoms with Gasteiger partial charge in [0.25, 0.3) is 0 Å². The van der Waals surface area contributed by atoms with Crippen LogP contribution in [-0.2, 0) is 6.54 Å². The molecule has 1 fully saturated rings. The van der Waals surface area contributed by atoms with Crippen LogP contribution in [0.25, 0.3) is 0 Å². The summed E-state index contributed by atoms with van der Waals surface area (Å²) in [5, 5.41) is 0. The molecule has 0 bridgehead atoms. The molecule has 6 heteroatoms. The van der Waals surface area contributed by atoms with E-state index in [4.69, 9.17) is 19.9 Å². The average molecular weight is 315 g/mol. The van der Waals surface area contributed by atoms with Crippen molar-refractivity contribution >= 4 is 12.4 Å². The third-order valence-corrected chi connectivity index (χ3v) is 4.30. The summed E-state index contributed by atoms with van der Waals surface area (Å²) in [6, 6.07) is 3.94. The minimum Gasteiger partial charge on any atom is -0.496 e. The number of hydrogen-bond donors (Lipinski definition) is 1. The van der Waals surface area contributed by atoms with Gasteiger partial charge in [-0.25, -0.2) is 0 Å². The van der Waals surface area contributed by atoms with E-state index in [0.717, 1.165) is 55.4 Å². The van der Waals surface area contributed by atoms with E-state index in [1.807, 2.05) is 12.1 Å². The molecular weight excluding hydrogens is 292 g/mol. The summed E-state index contributed by atoms with van der Waals surface area (Å²) in [4.78, 5) is 2.42. The lowest BCUT2D eigenvalue weighted by atomic mass is 9.90. The van der Waals surface area contributed by atoms with E-state index in [-0.39, 0.29) is 24.6 Å². The van der Waals surface area contributed by atoms with Gasteiger partial charge in [0.1, 0.15) is 5.75 Å². The van der Waals surface area contributed by atoms with Gasteiger partial charge in [-0.3, -0.25) is 4.90 Å². The maximum atomic E-state index is 5.87. The number of halogens is 1. The molecule has 1 atom stereocenters. The smallest absolute Gasteiger partial charge is 0.231 e. The molecule has 0 aromatic heterocycles. The summed E-state index contributed by atoms with van der Waals surface area (Å²) in [5.74, 6) is 2.43. The van der Waals surface area contributed by atoms with E-state index in [2.05, 4.69) is 11.8 Å². The summed E-state index contributed by atoms with van der Waals surface area (Å²) >= 11 is 0. The zero-order valence-corrected chi connectivity index (χ0v) is 13.4. The molecule has 2 N–H and O–H groups in total. The molecular formula is C15H23ClN2O3. The molecule has 1 aromatic rings. The van der Waals surface area contributed by atoms with Gasteiger partial charge in [-0.1, -0.05) is 6.92 Å². The van der Waals surface area contributed by atoms with Crippen LogP contribution >= 0.6 is 12.4 Å². The predicted molar refractivity (Wildman–Crippen MR) is 83.4 cm³/mol. The van der Waals surface area contributed by atoms with E-state index in [0.29, 0.717) is 0 Å². The van der Waals surface area contributed by atoms with Crippen molar-refractivity contribution in [1.82, 2.24) is 4.90 Å². The highest BCUT2D eigenvalue weighted by molar-refractivity contribution is 5.85. The Morgan fingerprint density at radius 2 is 2.05 bits per heavy atom. The van der Waals surface area contributed by atoms with E-state index in [9.17, 15) is 0 Å². The van der Waals surface area contributed by atoms with Gasteiger partial charge in [0.15, 0.2) is 11.5 Å². The van der Waals surface area contributed by atoms with E-state index >= 15 is 0 Å². The normalized spacial score (nSPS) is 24.0. The maximum absolute atomic E-state index is 5.87. The number of methoxy groups -OCH3 is 1. The first kappa shape index (κ1) is 16.2. The first-order valence-electron chi connectivity index (χ1n) is 7.02. The highest BCUT2D eigenvalue weighted by Gasteiger charge is 2.33. The first-order valence-corrected chi connectivity index (χ1v) is 7.02. The Morgan fingerprint density at radius 1 is 1.33 bits per heavy atom. The molecule has 1 aromatic carbocycles. The molecule has 0 aliphatic carbocycles. The zero-order valence-electron chi connectivity index (χ0n) is 12.6. The Labute approximate surface area is 131 Å². The van der Waals surface area contributed by atoms with Gasteiger partial charge in [-0.2, -0.15) is 0 Å². The molecule has 3 rings (SSSR count). The fraction of sp³-hybridized carbons (Fsp3) is 0.600. The lowest BCUT2D eigenvalue weighted by molar-refractivity contribution is 0.174. The van der Waals surface area contributed by atoms with E-state index in [1.165, 1.54) is 0 Å². The second-order valence-electron chi connectivity index (χ2n) is 5.99. The molecule has 0 spiro atoms. The number of rotatable bonds is 4. The van der Waals surface area contributed by atoms with Gasteiger partial charge in [0.2, 0.25) is 6.79 Å². The van der Waals surface area contributed by atoms with Gasteiger partial charge in [-0.15, -0.1) is 12.4 Å².